The largest absolute Gasteiger partial charge is 0.264 e. The lowest BCUT2D eigenvalue weighted by molar-refractivity contribution is 0.588. The average Bonchev–Trinajstić information content (AvgIpc) is 3.12. The van der Waals surface area contributed by atoms with Crippen LogP contribution in [0.1, 0.15) is 17.6 Å². The zero-order valence-corrected chi connectivity index (χ0v) is 18.2. The van der Waals surface area contributed by atoms with Crippen molar-refractivity contribution >= 4 is 36.9 Å². The molecular formula is C19H19FN2O4S3. The van der Waals surface area contributed by atoms with Crippen LogP contribution in [0.25, 0.3) is 0 Å². The van der Waals surface area contributed by atoms with Crippen molar-refractivity contribution in [3.8, 4) is 0 Å². The molecule has 0 spiro atoms. The van der Waals surface area contributed by atoms with Gasteiger partial charge in [-0.15, -0.1) is 11.3 Å². The molecule has 1 aromatic heterocycles. The Balaban J connectivity index is 2.04. The van der Waals surface area contributed by atoms with Gasteiger partial charge in [-0.1, -0.05) is 6.92 Å². The fourth-order valence-electron chi connectivity index (χ4n) is 2.66. The maximum Gasteiger partial charge on any atom is 0.264 e. The van der Waals surface area contributed by atoms with Crippen molar-refractivity contribution in [2.24, 2.45) is 0 Å². The van der Waals surface area contributed by atoms with Gasteiger partial charge in [0.25, 0.3) is 10.0 Å². The Bertz CT molecular complexity index is 1200. The number of rotatable bonds is 7. The minimum atomic E-state index is -4.04. The van der Waals surface area contributed by atoms with Gasteiger partial charge in [0.2, 0.25) is 0 Å². The average molecular weight is 455 g/mol. The summed E-state index contributed by atoms with van der Waals surface area (Å²) in [6.07, 6.45) is 0. The highest BCUT2D eigenvalue weighted by Gasteiger charge is 2.26. The summed E-state index contributed by atoms with van der Waals surface area (Å²) < 4.78 is 65.1. The summed E-state index contributed by atoms with van der Waals surface area (Å²) in [4.78, 5) is 4.31. The highest BCUT2D eigenvalue weighted by Crippen LogP contribution is 2.27. The topological polar surface area (TPSA) is 84.4 Å². The maximum absolute atomic E-state index is 13.4. The monoisotopic (exact) mass is 454 g/mol. The van der Waals surface area contributed by atoms with Gasteiger partial charge in [0.05, 0.1) is 38.5 Å². The number of anilines is 1. The third-order valence-corrected chi connectivity index (χ3v) is 8.60. The molecule has 0 aliphatic rings. The quantitative estimate of drug-likeness (QED) is 0.542. The van der Waals surface area contributed by atoms with Crippen molar-refractivity contribution in [3.63, 3.8) is 0 Å². The second kappa shape index (κ2) is 8.21. The standard InChI is InChI=1S/C19H19FN2O4S3/c1-3-28(23,24)18-8-10-19(11-9-18)29(25,26)22(12-16-13-27-14(2)21-16)17-6-4-15(20)5-7-17/h4-11,13H,3,12H2,1-2H3. The lowest BCUT2D eigenvalue weighted by Crippen LogP contribution is -2.30. The fraction of sp³-hybridized carbons (Fsp3) is 0.211. The summed E-state index contributed by atoms with van der Waals surface area (Å²) in [7, 11) is -7.49. The number of aryl methyl sites for hydroxylation is 1. The Hall–Kier alpha value is -2.30. The molecule has 0 radical (unpaired) electrons. The number of hydrogen-bond acceptors (Lipinski definition) is 6. The summed E-state index contributed by atoms with van der Waals surface area (Å²) in [6, 6.07) is 10.2. The van der Waals surface area contributed by atoms with Crippen LogP contribution in [0.2, 0.25) is 0 Å². The van der Waals surface area contributed by atoms with Crippen molar-refractivity contribution in [1.29, 1.82) is 0 Å². The molecule has 154 valence electrons. The molecule has 0 saturated heterocycles. The predicted molar refractivity (Wildman–Crippen MR) is 111 cm³/mol. The van der Waals surface area contributed by atoms with Crippen LogP contribution >= 0.6 is 11.3 Å². The molecular weight excluding hydrogens is 435 g/mol. The molecule has 0 bridgehead atoms. The third-order valence-electron chi connectivity index (χ3n) is 4.24. The minimum absolute atomic E-state index is 0.0344. The Morgan fingerprint density at radius 3 is 2.07 bits per heavy atom. The van der Waals surface area contributed by atoms with Crippen LogP contribution in [0.4, 0.5) is 10.1 Å². The number of nitrogens with zero attached hydrogens (tertiary/aromatic N) is 2. The first-order valence-electron chi connectivity index (χ1n) is 8.65. The van der Waals surface area contributed by atoms with E-state index in [1.165, 1.54) is 66.8 Å². The Morgan fingerprint density at radius 2 is 1.55 bits per heavy atom. The van der Waals surface area contributed by atoms with Crippen LogP contribution < -0.4 is 4.31 Å². The van der Waals surface area contributed by atoms with Gasteiger partial charge in [0.15, 0.2) is 9.84 Å². The number of halogens is 1. The number of benzene rings is 2. The summed E-state index contributed by atoms with van der Waals surface area (Å²) in [5.74, 6) is -0.561. The number of hydrogen-bond donors (Lipinski definition) is 0. The molecule has 1 heterocycles. The van der Waals surface area contributed by atoms with E-state index in [9.17, 15) is 21.2 Å². The second-order valence-electron chi connectivity index (χ2n) is 6.22. The van der Waals surface area contributed by atoms with Gasteiger partial charge in [0, 0.05) is 5.38 Å². The lowest BCUT2D eigenvalue weighted by atomic mass is 10.3. The highest BCUT2D eigenvalue weighted by atomic mass is 32.2. The smallest absolute Gasteiger partial charge is 0.260 e. The van der Waals surface area contributed by atoms with E-state index in [0.717, 1.165) is 9.31 Å². The van der Waals surface area contributed by atoms with Gasteiger partial charge in [0.1, 0.15) is 5.82 Å². The normalized spacial score (nSPS) is 12.1. The first-order chi connectivity index (χ1) is 13.6. The van der Waals surface area contributed by atoms with E-state index in [1.807, 2.05) is 6.92 Å². The van der Waals surface area contributed by atoms with Gasteiger partial charge in [-0.25, -0.2) is 26.2 Å². The molecule has 0 amide bonds. The highest BCUT2D eigenvalue weighted by molar-refractivity contribution is 7.93. The van der Waals surface area contributed by atoms with E-state index in [2.05, 4.69) is 4.98 Å². The molecule has 0 unspecified atom stereocenters. The van der Waals surface area contributed by atoms with Gasteiger partial charge in [-0.2, -0.15) is 0 Å². The van der Waals surface area contributed by atoms with Crippen molar-refractivity contribution in [1.82, 2.24) is 4.98 Å². The van der Waals surface area contributed by atoms with Crippen LogP contribution in [-0.2, 0) is 26.4 Å². The molecule has 0 saturated carbocycles. The van der Waals surface area contributed by atoms with Crippen molar-refractivity contribution in [2.45, 2.75) is 30.2 Å². The van der Waals surface area contributed by atoms with Crippen molar-refractivity contribution in [2.75, 3.05) is 10.1 Å². The molecule has 6 nitrogen and oxygen atoms in total. The molecule has 0 aliphatic carbocycles. The van der Waals surface area contributed by atoms with Gasteiger partial charge in [-0.3, -0.25) is 4.31 Å². The minimum Gasteiger partial charge on any atom is -0.260 e. The van der Waals surface area contributed by atoms with Gasteiger partial charge in [-0.05, 0) is 55.5 Å². The Labute approximate surface area is 173 Å². The molecule has 0 fully saturated rings. The van der Waals surface area contributed by atoms with Gasteiger partial charge < -0.3 is 0 Å². The lowest BCUT2D eigenvalue weighted by Gasteiger charge is -2.24. The number of sulfonamides is 1. The Kier molecular flexibility index (Phi) is 6.06. The molecule has 10 heteroatoms. The molecule has 2 aromatic carbocycles. The van der Waals surface area contributed by atoms with E-state index in [-0.39, 0.29) is 27.8 Å². The first-order valence-corrected chi connectivity index (χ1v) is 12.6. The summed E-state index contributed by atoms with van der Waals surface area (Å²) in [5, 5.41) is 2.56. The van der Waals surface area contributed by atoms with E-state index in [4.69, 9.17) is 0 Å². The van der Waals surface area contributed by atoms with Crippen molar-refractivity contribution in [3.05, 3.63) is 70.4 Å². The predicted octanol–water partition coefficient (Wildman–Crippen LogP) is 3.78. The Morgan fingerprint density at radius 1 is 0.966 bits per heavy atom. The van der Waals surface area contributed by atoms with Crippen LogP contribution in [0.15, 0.2) is 63.7 Å². The van der Waals surface area contributed by atoms with Crippen LogP contribution in [0.3, 0.4) is 0 Å². The maximum atomic E-state index is 13.4. The summed E-state index contributed by atoms with van der Waals surface area (Å²) >= 11 is 1.40. The molecule has 0 N–H and O–H groups in total. The van der Waals surface area contributed by atoms with E-state index >= 15 is 0 Å². The van der Waals surface area contributed by atoms with E-state index < -0.39 is 25.7 Å². The third kappa shape index (κ3) is 4.65. The molecule has 0 atom stereocenters. The number of aromatic nitrogens is 1. The first kappa shape index (κ1) is 21.4. The molecule has 0 aliphatic heterocycles. The zero-order valence-electron chi connectivity index (χ0n) is 15.7. The van der Waals surface area contributed by atoms with Crippen LogP contribution in [-0.4, -0.2) is 27.6 Å². The zero-order chi connectivity index (χ0) is 21.2. The fourth-order valence-corrected chi connectivity index (χ4v) is 5.59. The SMILES string of the molecule is CCS(=O)(=O)c1ccc(S(=O)(=O)N(Cc2csc(C)n2)c2ccc(F)cc2)cc1. The van der Waals surface area contributed by atoms with Crippen LogP contribution in [0, 0.1) is 12.7 Å². The van der Waals surface area contributed by atoms with Gasteiger partial charge >= 0.3 is 0 Å². The van der Waals surface area contributed by atoms with Crippen LogP contribution in [0.5, 0.6) is 0 Å². The molecule has 3 rings (SSSR count). The van der Waals surface area contributed by atoms with E-state index in [0.29, 0.717) is 5.69 Å². The van der Waals surface area contributed by atoms with Crippen molar-refractivity contribution < 1.29 is 21.2 Å². The molecule has 3 aromatic rings. The van der Waals surface area contributed by atoms with E-state index in [1.54, 1.807) is 5.38 Å². The number of sulfone groups is 1. The molecule has 29 heavy (non-hydrogen) atoms. The summed E-state index contributed by atoms with van der Waals surface area (Å²) in [6.45, 7) is 3.30. The number of thiazole rings is 1. The summed E-state index contributed by atoms with van der Waals surface area (Å²) in [5.41, 5.74) is 0.841. The second-order valence-corrected chi connectivity index (χ2v) is 11.4.